The third-order valence-corrected chi connectivity index (χ3v) is 4.43. The van der Waals surface area contributed by atoms with Crippen LogP contribution >= 0.6 is 22.9 Å². The van der Waals surface area contributed by atoms with Crippen molar-refractivity contribution in [3.05, 3.63) is 69.4 Å². The molecule has 8 heteroatoms. The highest BCUT2D eigenvalue weighted by Gasteiger charge is 2.14. The van der Waals surface area contributed by atoms with Gasteiger partial charge in [-0.15, -0.1) is 11.3 Å². The number of thiazole rings is 1. The highest BCUT2D eigenvalue weighted by atomic mass is 35.5. The van der Waals surface area contributed by atoms with E-state index in [0.29, 0.717) is 27.2 Å². The molecular formula is C18H14ClFN2O3S. The molecule has 1 N–H and O–H groups in total. The summed E-state index contributed by atoms with van der Waals surface area (Å²) in [5, 5.41) is 5.46. The van der Waals surface area contributed by atoms with Crippen molar-refractivity contribution in [2.75, 3.05) is 12.4 Å². The Morgan fingerprint density at radius 2 is 2.04 bits per heavy atom. The number of rotatable bonds is 6. The van der Waals surface area contributed by atoms with E-state index in [1.165, 1.54) is 42.7 Å². The number of ether oxygens (including phenoxy) is 2. The first kappa shape index (κ1) is 18.2. The Hall–Kier alpha value is -2.64. The molecule has 0 aliphatic heterocycles. The van der Waals surface area contributed by atoms with Gasteiger partial charge in [-0.1, -0.05) is 11.6 Å². The predicted octanol–water partition coefficient (Wildman–Crippen LogP) is 4.78. The van der Waals surface area contributed by atoms with Crippen LogP contribution in [-0.2, 0) is 6.61 Å². The molecule has 134 valence electrons. The van der Waals surface area contributed by atoms with Crippen LogP contribution in [0, 0.1) is 5.82 Å². The van der Waals surface area contributed by atoms with E-state index in [0.717, 1.165) is 0 Å². The first-order chi connectivity index (χ1) is 12.5. The zero-order valence-electron chi connectivity index (χ0n) is 13.7. The van der Waals surface area contributed by atoms with Gasteiger partial charge in [0.15, 0.2) is 0 Å². The average molecular weight is 393 g/mol. The first-order valence-corrected chi connectivity index (χ1v) is 8.78. The first-order valence-electron chi connectivity index (χ1n) is 7.53. The van der Waals surface area contributed by atoms with Crippen molar-refractivity contribution in [3.63, 3.8) is 0 Å². The van der Waals surface area contributed by atoms with E-state index < -0.39 is 0 Å². The Labute approximate surface area is 158 Å². The molecule has 0 radical (unpaired) electrons. The van der Waals surface area contributed by atoms with E-state index in [9.17, 15) is 9.18 Å². The molecule has 5 nitrogen and oxygen atoms in total. The summed E-state index contributed by atoms with van der Waals surface area (Å²) in [5.41, 5.74) is 0.719. The summed E-state index contributed by atoms with van der Waals surface area (Å²) in [6, 6.07) is 10.6. The second-order valence-corrected chi connectivity index (χ2v) is 6.55. The lowest BCUT2D eigenvalue weighted by Crippen LogP contribution is -2.13. The summed E-state index contributed by atoms with van der Waals surface area (Å²) in [6.45, 7) is 0.185. The Balaban J connectivity index is 1.64. The fraction of sp³-hybridized carbons (Fsp3) is 0.111. The molecule has 0 saturated carbocycles. The number of aromatic nitrogens is 1. The quantitative estimate of drug-likeness (QED) is 0.656. The number of halogens is 2. The van der Waals surface area contributed by atoms with Gasteiger partial charge in [-0.3, -0.25) is 4.79 Å². The molecule has 0 fully saturated rings. The molecular weight excluding hydrogens is 379 g/mol. The van der Waals surface area contributed by atoms with Gasteiger partial charge in [-0.25, -0.2) is 9.37 Å². The zero-order chi connectivity index (χ0) is 18.5. The van der Waals surface area contributed by atoms with Crippen LogP contribution in [-0.4, -0.2) is 18.0 Å². The number of benzene rings is 2. The van der Waals surface area contributed by atoms with Crippen LogP contribution in [0.25, 0.3) is 0 Å². The van der Waals surface area contributed by atoms with Gasteiger partial charge in [0.1, 0.15) is 34.6 Å². The number of anilines is 1. The fourth-order valence-corrected chi connectivity index (χ4v) is 2.98. The van der Waals surface area contributed by atoms with Crippen LogP contribution in [0.3, 0.4) is 0 Å². The molecule has 0 atom stereocenters. The maximum atomic E-state index is 12.9. The van der Waals surface area contributed by atoms with Crippen LogP contribution in [0.5, 0.6) is 11.5 Å². The normalized spacial score (nSPS) is 10.4. The molecule has 2 aromatic carbocycles. The van der Waals surface area contributed by atoms with Crippen molar-refractivity contribution < 1.29 is 18.7 Å². The number of amides is 1. The summed E-state index contributed by atoms with van der Waals surface area (Å²) in [6.07, 6.45) is 0. The van der Waals surface area contributed by atoms with E-state index in [1.807, 2.05) is 0 Å². The predicted molar refractivity (Wildman–Crippen MR) is 98.8 cm³/mol. The van der Waals surface area contributed by atoms with E-state index in [2.05, 4.69) is 10.3 Å². The van der Waals surface area contributed by atoms with Gasteiger partial charge in [0.2, 0.25) is 0 Å². The molecule has 0 saturated heterocycles. The molecule has 0 bridgehead atoms. The van der Waals surface area contributed by atoms with Crippen molar-refractivity contribution in [3.8, 4) is 11.5 Å². The summed E-state index contributed by atoms with van der Waals surface area (Å²) in [7, 11) is 1.51. The Morgan fingerprint density at radius 1 is 1.27 bits per heavy atom. The van der Waals surface area contributed by atoms with E-state index in [1.54, 1.807) is 23.6 Å². The summed E-state index contributed by atoms with van der Waals surface area (Å²) < 4.78 is 23.6. The molecule has 0 unspecified atom stereocenters. The molecule has 1 heterocycles. The number of hydrogen-bond acceptors (Lipinski definition) is 5. The van der Waals surface area contributed by atoms with Gasteiger partial charge >= 0.3 is 0 Å². The Morgan fingerprint density at radius 3 is 2.77 bits per heavy atom. The maximum Gasteiger partial charge on any atom is 0.275 e. The van der Waals surface area contributed by atoms with Crippen LogP contribution in [0.4, 0.5) is 10.1 Å². The van der Waals surface area contributed by atoms with E-state index >= 15 is 0 Å². The van der Waals surface area contributed by atoms with E-state index in [-0.39, 0.29) is 24.0 Å². The lowest BCUT2D eigenvalue weighted by molar-refractivity contribution is 0.102. The van der Waals surface area contributed by atoms with Gasteiger partial charge in [0, 0.05) is 10.4 Å². The van der Waals surface area contributed by atoms with Crippen LogP contribution in [0.2, 0.25) is 5.02 Å². The number of carbonyl (C=O) groups is 1. The van der Waals surface area contributed by atoms with Crippen molar-refractivity contribution in [1.82, 2.24) is 4.98 Å². The molecule has 0 spiro atoms. The van der Waals surface area contributed by atoms with Crippen LogP contribution < -0.4 is 14.8 Å². The standard InChI is InChI=1S/C18H14ClFN2O3S/c1-24-16-7-2-11(19)8-14(16)22-18(23)15-10-26-17(21-15)9-25-13-5-3-12(20)4-6-13/h2-8,10H,9H2,1H3,(H,22,23). The summed E-state index contributed by atoms with van der Waals surface area (Å²) in [4.78, 5) is 16.6. The van der Waals surface area contributed by atoms with E-state index in [4.69, 9.17) is 21.1 Å². The number of nitrogens with one attached hydrogen (secondary N) is 1. The topological polar surface area (TPSA) is 60.5 Å². The summed E-state index contributed by atoms with van der Waals surface area (Å²) in [5.74, 6) is 0.311. The minimum Gasteiger partial charge on any atom is -0.495 e. The number of carbonyl (C=O) groups excluding carboxylic acids is 1. The summed E-state index contributed by atoms with van der Waals surface area (Å²) >= 11 is 7.25. The monoisotopic (exact) mass is 392 g/mol. The highest BCUT2D eigenvalue weighted by molar-refractivity contribution is 7.09. The smallest absolute Gasteiger partial charge is 0.275 e. The third kappa shape index (κ3) is 4.50. The maximum absolute atomic E-state index is 12.9. The largest absolute Gasteiger partial charge is 0.495 e. The molecule has 1 amide bonds. The second kappa shape index (κ2) is 8.16. The van der Waals surface area contributed by atoms with Gasteiger partial charge in [0.05, 0.1) is 12.8 Å². The van der Waals surface area contributed by atoms with Gasteiger partial charge in [-0.2, -0.15) is 0 Å². The molecule has 26 heavy (non-hydrogen) atoms. The van der Waals surface area contributed by atoms with Crippen molar-refractivity contribution >= 4 is 34.5 Å². The van der Waals surface area contributed by atoms with Crippen LogP contribution in [0.1, 0.15) is 15.5 Å². The fourth-order valence-electron chi connectivity index (χ4n) is 2.12. The molecule has 0 aliphatic rings. The van der Waals surface area contributed by atoms with Crippen molar-refractivity contribution in [1.29, 1.82) is 0 Å². The molecule has 0 aliphatic carbocycles. The van der Waals surface area contributed by atoms with Crippen LogP contribution in [0.15, 0.2) is 47.8 Å². The SMILES string of the molecule is COc1ccc(Cl)cc1NC(=O)c1csc(COc2ccc(F)cc2)n1. The van der Waals surface area contributed by atoms with Gasteiger partial charge in [-0.05, 0) is 42.5 Å². The molecule has 3 aromatic rings. The minimum absolute atomic E-state index is 0.185. The molecule has 1 aromatic heterocycles. The minimum atomic E-state index is -0.380. The van der Waals surface area contributed by atoms with Gasteiger partial charge in [0.25, 0.3) is 5.91 Å². The second-order valence-electron chi connectivity index (χ2n) is 5.17. The lowest BCUT2D eigenvalue weighted by atomic mass is 10.3. The lowest BCUT2D eigenvalue weighted by Gasteiger charge is -2.09. The average Bonchev–Trinajstić information content (AvgIpc) is 3.11. The number of nitrogens with zero attached hydrogens (tertiary/aromatic N) is 1. The van der Waals surface area contributed by atoms with Gasteiger partial charge < -0.3 is 14.8 Å². The Kier molecular flexibility index (Phi) is 5.70. The molecule has 3 rings (SSSR count). The number of methoxy groups -OCH3 is 1. The Bertz CT molecular complexity index is 915. The zero-order valence-corrected chi connectivity index (χ0v) is 15.2. The van der Waals surface area contributed by atoms with Crippen molar-refractivity contribution in [2.45, 2.75) is 6.61 Å². The number of hydrogen-bond donors (Lipinski definition) is 1. The van der Waals surface area contributed by atoms with Crippen molar-refractivity contribution in [2.24, 2.45) is 0 Å². The highest BCUT2D eigenvalue weighted by Crippen LogP contribution is 2.28. The third-order valence-electron chi connectivity index (χ3n) is 3.37.